The maximum absolute atomic E-state index is 10.2. The number of rotatable bonds is 4. The molecule has 0 aromatic carbocycles. The average molecular weight is 145 g/mol. The number of aliphatic hydroxyl groups excluding tert-OH is 1. The van der Waals surface area contributed by atoms with Crippen LogP contribution in [0, 0.1) is 0 Å². The molecule has 0 fully saturated rings. The first kappa shape index (κ1) is 8.97. The average Bonchev–Trinajstić information content (AvgIpc) is 1.89. The van der Waals surface area contributed by atoms with Crippen LogP contribution in [0.4, 0.5) is 0 Å². The molecule has 0 saturated heterocycles. The number of allylic oxidation sites excluding steroid dienone is 1. The smallest absolute Gasteiger partial charge is 0.328 e. The van der Waals surface area contributed by atoms with Crippen molar-refractivity contribution in [3.8, 4) is 0 Å². The Balaban J connectivity index is 3.71. The first-order valence-electron chi connectivity index (χ1n) is 2.93. The van der Waals surface area contributed by atoms with Crippen molar-refractivity contribution in [3.63, 3.8) is 0 Å². The number of nitrogens with one attached hydrogen (secondary N) is 1. The van der Waals surface area contributed by atoms with Gasteiger partial charge in [-0.3, -0.25) is 0 Å². The summed E-state index contributed by atoms with van der Waals surface area (Å²) in [5.74, 6) is -1.06. The lowest BCUT2D eigenvalue weighted by Gasteiger charge is -2.07. The van der Waals surface area contributed by atoms with Gasteiger partial charge >= 0.3 is 5.97 Å². The number of aliphatic hydroxyl groups is 1. The quantitative estimate of drug-likeness (QED) is 0.501. The predicted molar refractivity (Wildman–Crippen MR) is 36.5 cm³/mol. The lowest BCUT2D eigenvalue weighted by Crippen LogP contribution is -2.36. The highest BCUT2D eigenvalue weighted by Crippen LogP contribution is 1.81. The largest absolute Gasteiger partial charge is 0.480 e. The highest BCUT2D eigenvalue weighted by molar-refractivity contribution is 5.73. The van der Waals surface area contributed by atoms with Crippen molar-refractivity contribution >= 4 is 5.97 Å². The summed E-state index contributed by atoms with van der Waals surface area (Å²) in [5.41, 5.74) is 0. The van der Waals surface area contributed by atoms with Gasteiger partial charge in [-0.15, -0.1) is 0 Å². The van der Waals surface area contributed by atoms with Gasteiger partial charge in [0.25, 0.3) is 0 Å². The van der Waals surface area contributed by atoms with Crippen LogP contribution in [0.25, 0.3) is 0 Å². The van der Waals surface area contributed by atoms with Crippen LogP contribution in [0.15, 0.2) is 12.3 Å². The fourth-order valence-corrected chi connectivity index (χ4v) is 0.414. The van der Waals surface area contributed by atoms with Crippen molar-refractivity contribution in [3.05, 3.63) is 12.3 Å². The number of aliphatic carboxylic acids is 1. The van der Waals surface area contributed by atoms with Crippen molar-refractivity contribution in [1.82, 2.24) is 5.32 Å². The molecule has 0 amide bonds. The number of hydrogen-bond acceptors (Lipinski definition) is 3. The molecule has 58 valence electrons. The molecule has 4 heteroatoms. The van der Waals surface area contributed by atoms with Crippen LogP contribution in [0.3, 0.4) is 0 Å². The number of hydrogen-bond donors (Lipinski definition) is 3. The highest BCUT2D eigenvalue weighted by atomic mass is 16.4. The van der Waals surface area contributed by atoms with Crippen molar-refractivity contribution < 1.29 is 15.0 Å². The lowest BCUT2D eigenvalue weighted by molar-refractivity contribution is -0.140. The molecule has 0 aromatic rings. The molecular formula is C6H11NO3. The summed E-state index contributed by atoms with van der Waals surface area (Å²) in [6.07, 6.45) is 3.14. The minimum atomic E-state index is -1.06. The lowest BCUT2D eigenvalue weighted by atomic mass is 10.3. The van der Waals surface area contributed by atoms with Gasteiger partial charge in [0, 0.05) is 0 Å². The van der Waals surface area contributed by atoms with Crippen LogP contribution in [-0.2, 0) is 4.79 Å². The van der Waals surface area contributed by atoms with E-state index in [0.717, 1.165) is 0 Å². The van der Waals surface area contributed by atoms with Crippen LogP contribution in [0.2, 0.25) is 0 Å². The summed E-state index contributed by atoms with van der Waals surface area (Å²) in [6.45, 7) is 1.35. The van der Waals surface area contributed by atoms with Gasteiger partial charge in [-0.1, -0.05) is 6.08 Å². The van der Waals surface area contributed by atoms with Crippen LogP contribution < -0.4 is 5.32 Å². The maximum atomic E-state index is 10.2. The van der Waals surface area contributed by atoms with E-state index < -0.39 is 18.6 Å². The third-order valence-corrected chi connectivity index (χ3v) is 0.945. The van der Waals surface area contributed by atoms with Gasteiger partial charge in [0.2, 0.25) is 0 Å². The normalized spacial score (nSPS) is 13.4. The summed E-state index contributed by atoms with van der Waals surface area (Å²) in [4.78, 5) is 10.2. The van der Waals surface area contributed by atoms with Crippen molar-refractivity contribution in [2.45, 2.75) is 13.0 Å². The second-order valence-electron chi connectivity index (χ2n) is 1.74. The molecule has 0 aliphatic heterocycles. The Morgan fingerprint density at radius 1 is 1.80 bits per heavy atom. The minimum Gasteiger partial charge on any atom is -0.480 e. The molecule has 0 rings (SSSR count). The van der Waals surface area contributed by atoms with Gasteiger partial charge in [-0.25, -0.2) is 4.79 Å². The molecule has 0 aromatic heterocycles. The Bertz CT molecular complexity index is 133. The molecule has 0 aliphatic carbocycles. The monoisotopic (exact) mass is 145 g/mol. The SMILES string of the molecule is CC=CN[C@@H](CO)C(=O)O. The molecule has 0 saturated carbocycles. The molecule has 0 spiro atoms. The molecule has 0 aliphatic rings. The summed E-state index contributed by atoms with van der Waals surface area (Å²) >= 11 is 0. The second kappa shape index (κ2) is 4.81. The number of carbonyl (C=O) groups is 1. The summed E-state index contributed by atoms with van der Waals surface area (Å²) in [6, 6.07) is -0.892. The first-order chi connectivity index (χ1) is 4.72. The van der Waals surface area contributed by atoms with Gasteiger partial charge in [0.1, 0.15) is 6.04 Å². The van der Waals surface area contributed by atoms with E-state index in [9.17, 15) is 4.79 Å². The Kier molecular flexibility index (Phi) is 4.32. The molecule has 0 unspecified atom stereocenters. The van der Waals surface area contributed by atoms with Crippen LogP contribution in [0.5, 0.6) is 0 Å². The predicted octanol–water partition coefficient (Wildman–Crippen LogP) is -0.445. The fraction of sp³-hybridized carbons (Fsp3) is 0.500. The van der Waals surface area contributed by atoms with E-state index in [1.165, 1.54) is 6.20 Å². The molecule has 0 radical (unpaired) electrons. The Hall–Kier alpha value is -1.03. The second-order valence-corrected chi connectivity index (χ2v) is 1.74. The van der Waals surface area contributed by atoms with Crippen LogP contribution >= 0.6 is 0 Å². The molecule has 0 heterocycles. The molecule has 3 N–H and O–H groups in total. The maximum Gasteiger partial charge on any atom is 0.328 e. The molecular weight excluding hydrogens is 134 g/mol. The molecule has 4 nitrogen and oxygen atoms in total. The highest BCUT2D eigenvalue weighted by Gasteiger charge is 2.12. The number of carboxylic acids is 1. The standard InChI is InChI=1S/C6H11NO3/c1-2-3-7-5(4-8)6(9)10/h2-3,5,7-8H,4H2,1H3,(H,9,10)/t5-/m0/s1. The third-order valence-electron chi connectivity index (χ3n) is 0.945. The van der Waals surface area contributed by atoms with E-state index in [4.69, 9.17) is 10.2 Å². The molecule has 0 bridgehead atoms. The molecule has 1 atom stereocenters. The number of carboxylic acid groups (broad SMARTS) is 1. The molecule has 10 heavy (non-hydrogen) atoms. The first-order valence-corrected chi connectivity index (χ1v) is 2.93. The van der Waals surface area contributed by atoms with Crippen molar-refractivity contribution in [1.29, 1.82) is 0 Å². The minimum absolute atomic E-state index is 0.403. The van der Waals surface area contributed by atoms with Gasteiger partial charge < -0.3 is 15.5 Å². The van der Waals surface area contributed by atoms with E-state index in [0.29, 0.717) is 0 Å². The van der Waals surface area contributed by atoms with Gasteiger partial charge in [-0.2, -0.15) is 0 Å². The zero-order valence-corrected chi connectivity index (χ0v) is 5.74. The topological polar surface area (TPSA) is 69.6 Å². The van der Waals surface area contributed by atoms with Crippen molar-refractivity contribution in [2.24, 2.45) is 0 Å². The summed E-state index contributed by atoms with van der Waals surface area (Å²) in [5, 5.41) is 19.3. The Labute approximate surface area is 59.2 Å². The zero-order chi connectivity index (χ0) is 7.98. The fourth-order valence-electron chi connectivity index (χ4n) is 0.414. The summed E-state index contributed by atoms with van der Waals surface area (Å²) < 4.78 is 0. The van der Waals surface area contributed by atoms with Gasteiger partial charge in [0.05, 0.1) is 6.61 Å². The van der Waals surface area contributed by atoms with Gasteiger partial charge in [0.15, 0.2) is 0 Å². The zero-order valence-electron chi connectivity index (χ0n) is 5.74. The van der Waals surface area contributed by atoms with Crippen molar-refractivity contribution in [2.75, 3.05) is 6.61 Å². The van der Waals surface area contributed by atoms with Crippen LogP contribution in [-0.4, -0.2) is 28.8 Å². The third kappa shape index (κ3) is 3.09. The van der Waals surface area contributed by atoms with E-state index in [1.54, 1.807) is 13.0 Å². The Morgan fingerprint density at radius 2 is 2.40 bits per heavy atom. The van der Waals surface area contributed by atoms with E-state index in [2.05, 4.69) is 5.32 Å². The van der Waals surface area contributed by atoms with E-state index in [1.807, 2.05) is 0 Å². The van der Waals surface area contributed by atoms with Gasteiger partial charge in [-0.05, 0) is 13.1 Å². The van der Waals surface area contributed by atoms with E-state index in [-0.39, 0.29) is 0 Å². The Morgan fingerprint density at radius 3 is 2.70 bits per heavy atom. The van der Waals surface area contributed by atoms with E-state index >= 15 is 0 Å². The van der Waals surface area contributed by atoms with Crippen LogP contribution in [0.1, 0.15) is 6.92 Å². The summed E-state index contributed by atoms with van der Waals surface area (Å²) in [7, 11) is 0.